The summed E-state index contributed by atoms with van der Waals surface area (Å²) in [5.41, 5.74) is 2.75. The third-order valence-corrected chi connectivity index (χ3v) is 6.01. The van der Waals surface area contributed by atoms with Gasteiger partial charge >= 0.3 is 0 Å². The summed E-state index contributed by atoms with van der Waals surface area (Å²) in [6.45, 7) is 0. The van der Waals surface area contributed by atoms with Crippen LogP contribution < -0.4 is 10.6 Å². The summed E-state index contributed by atoms with van der Waals surface area (Å²) in [7, 11) is 0. The number of benzene rings is 3. The molecule has 0 bridgehead atoms. The summed E-state index contributed by atoms with van der Waals surface area (Å²) in [5, 5.41) is 6.63. The molecule has 1 heterocycles. The number of thiocarbonyl (C=S) groups is 1. The summed E-state index contributed by atoms with van der Waals surface area (Å²) < 4.78 is 15.5. The number of amides is 1. The van der Waals surface area contributed by atoms with E-state index in [2.05, 4.69) is 33.2 Å². The normalized spacial score (nSPS) is 10.7. The molecule has 4 nitrogen and oxygen atoms in total. The van der Waals surface area contributed by atoms with E-state index in [1.165, 1.54) is 18.2 Å². The molecule has 0 aliphatic rings. The quantitative estimate of drug-likeness (QED) is 0.257. The lowest BCUT2D eigenvalue weighted by atomic mass is 10.2. The summed E-state index contributed by atoms with van der Waals surface area (Å²) in [6, 6.07) is 19.2. The third kappa shape index (κ3) is 4.60. The van der Waals surface area contributed by atoms with Crippen LogP contribution in [0.15, 0.2) is 66.7 Å². The van der Waals surface area contributed by atoms with E-state index in [4.69, 9.17) is 17.2 Å². The van der Waals surface area contributed by atoms with E-state index in [1.807, 2.05) is 42.5 Å². The number of carbonyl (C=O) groups excluding carboxylic acids is 1. The molecule has 0 unspecified atom stereocenters. The first-order chi connectivity index (χ1) is 14.0. The van der Waals surface area contributed by atoms with Crippen molar-refractivity contribution in [2.75, 3.05) is 5.32 Å². The van der Waals surface area contributed by atoms with Gasteiger partial charge in [-0.15, -0.1) is 11.3 Å². The second-order valence-electron chi connectivity index (χ2n) is 6.10. The largest absolute Gasteiger partial charge is 0.332 e. The number of hydrogen-bond acceptors (Lipinski definition) is 4. The molecule has 8 heteroatoms. The number of hydrogen-bond donors (Lipinski definition) is 2. The van der Waals surface area contributed by atoms with Crippen molar-refractivity contribution in [3.8, 4) is 10.6 Å². The van der Waals surface area contributed by atoms with Crippen molar-refractivity contribution in [2.24, 2.45) is 0 Å². The average molecular weight is 533 g/mol. The first-order valence-electron chi connectivity index (χ1n) is 8.53. The Bertz CT molecular complexity index is 1210. The second kappa shape index (κ2) is 8.52. The van der Waals surface area contributed by atoms with E-state index < -0.39 is 11.7 Å². The van der Waals surface area contributed by atoms with Gasteiger partial charge in [0.05, 0.1) is 15.9 Å². The molecule has 3 aromatic carbocycles. The Labute approximate surface area is 189 Å². The number of anilines is 1. The van der Waals surface area contributed by atoms with E-state index in [-0.39, 0.29) is 10.7 Å². The first kappa shape index (κ1) is 19.9. The van der Waals surface area contributed by atoms with E-state index in [1.54, 1.807) is 11.3 Å². The van der Waals surface area contributed by atoms with Crippen LogP contribution in [0.3, 0.4) is 0 Å². The number of aromatic nitrogens is 1. The molecule has 1 aromatic heterocycles. The molecular formula is C21H13FIN3OS2. The molecule has 144 valence electrons. The lowest BCUT2D eigenvalue weighted by Crippen LogP contribution is -2.34. The fourth-order valence-corrected chi connectivity index (χ4v) is 4.44. The average Bonchev–Trinajstić information content (AvgIpc) is 3.13. The molecular weight excluding hydrogens is 520 g/mol. The van der Waals surface area contributed by atoms with Gasteiger partial charge in [0.1, 0.15) is 10.8 Å². The van der Waals surface area contributed by atoms with Gasteiger partial charge in [-0.2, -0.15) is 0 Å². The predicted molar refractivity (Wildman–Crippen MR) is 128 cm³/mol. The van der Waals surface area contributed by atoms with Crippen LogP contribution in [0, 0.1) is 9.39 Å². The number of carbonyl (C=O) groups is 1. The minimum Gasteiger partial charge on any atom is -0.332 e. The van der Waals surface area contributed by atoms with Crippen LogP contribution in [0.4, 0.5) is 10.1 Å². The van der Waals surface area contributed by atoms with Crippen molar-refractivity contribution >= 4 is 73.1 Å². The number of nitrogens with zero attached hydrogens (tertiary/aromatic N) is 1. The maximum Gasteiger partial charge on any atom is 0.257 e. The number of nitrogens with one attached hydrogen (secondary N) is 2. The summed E-state index contributed by atoms with van der Waals surface area (Å²) in [4.78, 5) is 17.0. The molecule has 0 fully saturated rings. The molecule has 0 aliphatic heterocycles. The standard InChI is InChI=1S/C21H13FIN3OS2/c22-13-5-3-4-12(10-13)19(27)26-21(28)25-16-9-8-14(23)11-15(16)20-24-17-6-1-2-7-18(17)29-20/h1-11H,(H2,25,26,27,28). The third-order valence-electron chi connectivity index (χ3n) is 4.07. The highest BCUT2D eigenvalue weighted by molar-refractivity contribution is 14.1. The molecule has 2 N–H and O–H groups in total. The van der Waals surface area contributed by atoms with E-state index in [9.17, 15) is 9.18 Å². The lowest BCUT2D eigenvalue weighted by Gasteiger charge is -2.13. The Hall–Kier alpha value is -2.43. The zero-order chi connectivity index (χ0) is 20.4. The van der Waals surface area contributed by atoms with E-state index in [0.29, 0.717) is 0 Å². The Morgan fingerprint density at radius 2 is 1.90 bits per heavy atom. The Morgan fingerprint density at radius 3 is 2.69 bits per heavy atom. The zero-order valence-corrected chi connectivity index (χ0v) is 18.6. The van der Waals surface area contributed by atoms with Crippen LogP contribution in [0.1, 0.15) is 10.4 Å². The topological polar surface area (TPSA) is 54.0 Å². The van der Waals surface area contributed by atoms with Crippen LogP contribution in [0.25, 0.3) is 20.8 Å². The molecule has 4 aromatic rings. The van der Waals surface area contributed by atoms with Gasteiger partial charge < -0.3 is 5.32 Å². The SMILES string of the molecule is O=C(NC(=S)Nc1ccc(I)cc1-c1nc2ccccc2s1)c1cccc(F)c1. The highest BCUT2D eigenvalue weighted by Gasteiger charge is 2.14. The van der Waals surface area contributed by atoms with Gasteiger partial charge in [0.2, 0.25) is 0 Å². The van der Waals surface area contributed by atoms with Crippen molar-refractivity contribution in [2.45, 2.75) is 0 Å². The molecule has 4 rings (SSSR count). The van der Waals surface area contributed by atoms with Gasteiger partial charge in [-0.1, -0.05) is 18.2 Å². The number of rotatable bonds is 3. The smallest absolute Gasteiger partial charge is 0.257 e. The van der Waals surface area contributed by atoms with Crippen LogP contribution in [-0.2, 0) is 0 Å². The van der Waals surface area contributed by atoms with Crippen molar-refractivity contribution in [3.05, 3.63) is 81.7 Å². The summed E-state index contributed by atoms with van der Waals surface area (Å²) in [5.74, 6) is -0.957. The maximum absolute atomic E-state index is 13.3. The molecule has 0 radical (unpaired) electrons. The molecule has 0 aliphatic carbocycles. The number of thiazole rings is 1. The number of halogens is 2. The lowest BCUT2D eigenvalue weighted by molar-refractivity contribution is 0.0977. The minimum absolute atomic E-state index is 0.128. The molecule has 0 atom stereocenters. The predicted octanol–water partition coefficient (Wildman–Crippen LogP) is 5.83. The Balaban J connectivity index is 1.59. The summed E-state index contributed by atoms with van der Waals surface area (Å²) >= 11 is 9.12. The van der Waals surface area contributed by atoms with Crippen LogP contribution in [-0.4, -0.2) is 16.0 Å². The van der Waals surface area contributed by atoms with Crippen LogP contribution in [0.2, 0.25) is 0 Å². The molecule has 0 saturated heterocycles. The van der Waals surface area contributed by atoms with Gasteiger partial charge in [-0.25, -0.2) is 9.37 Å². The molecule has 29 heavy (non-hydrogen) atoms. The van der Waals surface area contributed by atoms with Crippen molar-refractivity contribution in [1.82, 2.24) is 10.3 Å². The maximum atomic E-state index is 13.3. The van der Waals surface area contributed by atoms with Gasteiger partial charge in [-0.3, -0.25) is 10.1 Å². The van der Waals surface area contributed by atoms with E-state index >= 15 is 0 Å². The van der Waals surface area contributed by atoms with Gasteiger partial charge in [0.15, 0.2) is 5.11 Å². The van der Waals surface area contributed by atoms with Crippen molar-refractivity contribution in [3.63, 3.8) is 0 Å². The Morgan fingerprint density at radius 1 is 1.07 bits per heavy atom. The van der Waals surface area contributed by atoms with Crippen LogP contribution >= 0.6 is 46.1 Å². The zero-order valence-electron chi connectivity index (χ0n) is 14.8. The first-order valence-corrected chi connectivity index (χ1v) is 10.8. The van der Waals surface area contributed by atoms with E-state index in [0.717, 1.165) is 36.1 Å². The van der Waals surface area contributed by atoms with Crippen molar-refractivity contribution < 1.29 is 9.18 Å². The van der Waals surface area contributed by atoms with Crippen molar-refractivity contribution in [1.29, 1.82) is 0 Å². The highest BCUT2D eigenvalue weighted by Crippen LogP contribution is 2.35. The molecule has 0 spiro atoms. The fraction of sp³-hybridized carbons (Fsp3) is 0. The molecule has 0 saturated carbocycles. The minimum atomic E-state index is -0.479. The molecule has 1 amide bonds. The van der Waals surface area contributed by atoms with Gasteiger partial charge in [0.25, 0.3) is 5.91 Å². The van der Waals surface area contributed by atoms with Gasteiger partial charge in [0, 0.05) is 14.7 Å². The number of para-hydroxylation sites is 1. The second-order valence-corrected chi connectivity index (χ2v) is 8.78. The number of fused-ring (bicyclic) bond motifs is 1. The monoisotopic (exact) mass is 533 g/mol. The summed E-state index contributed by atoms with van der Waals surface area (Å²) in [6.07, 6.45) is 0. The van der Waals surface area contributed by atoms with Crippen LogP contribution in [0.5, 0.6) is 0 Å². The van der Waals surface area contributed by atoms with Gasteiger partial charge in [-0.05, 0) is 83.3 Å². The fourth-order valence-electron chi connectivity index (χ4n) is 2.75. The Kier molecular flexibility index (Phi) is 5.84. The highest BCUT2D eigenvalue weighted by atomic mass is 127.